The Balaban J connectivity index is 2.81. The first-order valence-electron chi connectivity index (χ1n) is 7.23. The van der Waals surface area contributed by atoms with Crippen LogP contribution in [0.4, 0.5) is 0 Å². The van der Waals surface area contributed by atoms with Gasteiger partial charge in [0.05, 0.1) is 5.37 Å². The molecule has 5 heteroatoms. The standard InChI is InChI=1S/C14H25NO3S/c1-4-7-8-10(5-2)13(16)15-11(14(17)18)9-19-12(15)6-3/h10-12H,4-9H2,1-3H3,(H,17,18). The highest BCUT2D eigenvalue weighted by molar-refractivity contribution is 8.00. The van der Waals surface area contributed by atoms with Gasteiger partial charge in [-0.1, -0.05) is 33.6 Å². The van der Waals surface area contributed by atoms with Gasteiger partial charge in [-0.3, -0.25) is 4.79 Å². The molecule has 0 aromatic heterocycles. The first-order valence-corrected chi connectivity index (χ1v) is 8.28. The number of hydrogen-bond donors (Lipinski definition) is 1. The summed E-state index contributed by atoms with van der Waals surface area (Å²) in [7, 11) is 0. The van der Waals surface area contributed by atoms with Crippen LogP contribution in [0.25, 0.3) is 0 Å². The zero-order valence-electron chi connectivity index (χ0n) is 12.1. The van der Waals surface area contributed by atoms with E-state index in [-0.39, 0.29) is 17.2 Å². The summed E-state index contributed by atoms with van der Waals surface area (Å²) in [4.78, 5) is 25.5. The van der Waals surface area contributed by atoms with Crippen LogP contribution in [0.3, 0.4) is 0 Å². The SMILES string of the molecule is CCCCC(CC)C(=O)N1C(CC)SCC1C(=O)O. The molecule has 1 aliphatic rings. The average molecular weight is 287 g/mol. The third-order valence-corrected chi connectivity index (χ3v) is 5.18. The van der Waals surface area contributed by atoms with E-state index in [0.29, 0.717) is 5.75 Å². The number of carbonyl (C=O) groups is 2. The Bertz CT molecular complexity index is 322. The lowest BCUT2D eigenvalue weighted by molar-refractivity contribution is -0.151. The number of carbonyl (C=O) groups excluding carboxylic acids is 1. The van der Waals surface area contributed by atoms with Gasteiger partial charge in [0.1, 0.15) is 6.04 Å². The predicted molar refractivity (Wildman–Crippen MR) is 78.1 cm³/mol. The molecule has 19 heavy (non-hydrogen) atoms. The maximum absolute atomic E-state index is 12.6. The third-order valence-electron chi connectivity index (χ3n) is 3.73. The Labute approximate surface area is 119 Å². The van der Waals surface area contributed by atoms with Crippen molar-refractivity contribution in [2.45, 2.75) is 64.3 Å². The molecule has 4 nitrogen and oxygen atoms in total. The van der Waals surface area contributed by atoms with Crippen molar-refractivity contribution in [1.82, 2.24) is 4.90 Å². The van der Waals surface area contributed by atoms with Crippen molar-refractivity contribution in [2.24, 2.45) is 5.92 Å². The number of amides is 1. The van der Waals surface area contributed by atoms with Crippen molar-refractivity contribution in [2.75, 3.05) is 5.75 Å². The fourth-order valence-corrected chi connectivity index (χ4v) is 3.88. The van der Waals surface area contributed by atoms with Gasteiger partial charge in [-0.2, -0.15) is 0 Å². The predicted octanol–water partition coefficient (Wildman–Crippen LogP) is 2.97. The minimum Gasteiger partial charge on any atom is -0.480 e. The molecule has 3 unspecified atom stereocenters. The number of aliphatic carboxylic acids is 1. The second kappa shape index (κ2) is 7.78. The average Bonchev–Trinajstić information content (AvgIpc) is 2.83. The molecule has 0 aromatic rings. The van der Waals surface area contributed by atoms with Gasteiger partial charge in [0.25, 0.3) is 0 Å². The highest BCUT2D eigenvalue weighted by Gasteiger charge is 2.42. The molecule has 0 aliphatic carbocycles. The molecule has 1 rings (SSSR count). The van der Waals surface area contributed by atoms with Crippen molar-refractivity contribution in [3.05, 3.63) is 0 Å². The summed E-state index contributed by atoms with van der Waals surface area (Å²) in [6, 6.07) is -0.641. The van der Waals surface area contributed by atoms with Crippen LogP contribution >= 0.6 is 11.8 Å². The summed E-state index contributed by atoms with van der Waals surface area (Å²) in [5.74, 6) is -0.332. The fraction of sp³-hybridized carbons (Fsp3) is 0.857. The van der Waals surface area contributed by atoms with Gasteiger partial charge in [0.15, 0.2) is 0 Å². The maximum atomic E-state index is 12.6. The van der Waals surface area contributed by atoms with Crippen LogP contribution in [0.5, 0.6) is 0 Å². The maximum Gasteiger partial charge on any atom is 0.327 e. The Morgan fingerprint density at radius 1 is 1.37 bits per heavy atom. The number of unbranched alkanes of at least 4 members (excludes halogenated alkanes) is 1. The van der Waals surface area contributed by atoms with E-state index in [4.69, 9.17) is 0 Å². The van der Waals surface area contributed by atoms with Crippen molar-refractivity contribution >= 4 is 23.6 Å². The van der Waals surface area contributed by atoms with Gasteiger partial charge in [-0.25, -0.2) is 4.79 Å². The fourth-order valence-electron chi connectivity index (χ4n) is 2.53. The lowest BCUT2D eigenvalue weighted by Crippen LogP contribution is -2.48. The van der Waals surface area contributed by atoms with Crippen molar-refractivity contribution in [3.63, 3.8) is 0 Å². The first-order chi connectivity index (χ1) is 9.06. The van der Waals surface area contributed by atoms with Crippen molar-refractivity contribution in [1.29, 1.82) is 0 Å². The molecule has 1 aliphatic heterocycles. The minimum absolute atomic E-state index is 0.0189. The van der Waals surface area contributed by atoms with E-state index in [9.17, 15) is 14.7 Å². The van der Waals surface area contributed by atoms with E-state index >= 15 is 0 Å². The summed E-state index contributed by atoms with van der Waals surface area (Å²) in [6.07, 6.45) is 4.57. The van der Waals surface area contributed by atoms with Crippen LogP contribution in [0.1, 0.15) is 52.9 Å². The van der Waals surface area contributed by atoms with E-state index in [2.05, 4.69) is 6.92 Å². The van der Waals surface area contributed by atoms with Gasteiger partial charge in [-0.15, -0.1) is 11.8 Å². The van der Waals surface area contributed by atoms with Crippen LogP contribution in [0.15, 0.2) is 0 Å². The zero-order chi connectivity index (χ0) is 14.4. The van der Waals surface area contributed by atoms with Gasteiger partial charge >= 0.3 is 5.97 Å². The summed E-state index contributed by atoms with van der Waals surface area (Å²) in [5, 5.41) is 9.30. The molecule has 0 aromatic carbocycles. The summed E-state index contributed by atoms with van der Waals surface area (Å²) in [6.45, 7) is 6.13. The summed E-state index contributed by atoms with van der Waals surface area (Å²) in [5.41, 5.74) is 0. The monoisotopic (exact) mass is 287 g/mol. The highest BCUT2D eigenvalue weighted by Crippen LogP contribution is 2.33. The van der Waals surface area contributed by atoms with Gasteiger partial charge in [-0.05, 0) is 19.3 Å². The number of nitrogens with zero attached hydrogens (tertiary/aromatic N) is 1. The van der Waals surface area contributed by atoms with Crippen LogP contribution in [0, 0.1) is 5.92 Å². The van der Waals surface area contributed by atoms with Crippen LogP contribution < -0.4 is 0 Å². The molecule has 1 amide bonds. The van der Waals surface area contributed by atoms with Crippen molar-refractivity contribution in [3.8, 4) is 0 Å². The molecule has 0 bridgehead atoms. The van der Waals surface area contributed by atoms with Gasteiger partial charge < -0.3 is 10.0 Å². The van der Waals surface area contributed by atoms with Crippen LogP contribution in [-0.2, 0) is 9.59 Å². The molecule has 0 spiro atoms. The number of rotatable bonds is 7. The molecular formula is C14H25NO3S. The Morgan fingerprint density at radius 3 is 2.53 bits per heavy atom. The molecule has 1 heterocycles. The quantitative estimate of drug-likeness (QED) is 0.782. The largest absolute Gasteiger partial charge is 0.480 e. The molecule has 0 radical (unpaired) electrons. The summed E-state index contributed by atoms with van der Waals surface area (Å²) >= 11 is 1.59. The topological polar surface area (TPSA) is 57.6 Å². The lowest BCUT2D eigenvalue weighted by Gasteiger charge is -2.30. The second-order valence-corrected chi connectivity index (χ2v) is 6.25. The molecule has 0 saturated carbocycles. The molecule has 1 N–H and O–H groups in total. The number of carboxylic acid groups (broad SMARTS) is 1. The van der Waals surface area contributed by atoms with E-state index < -0.39 is 12.0 Å². The number of carboxylic acids is 1. The second-order valence-electron chi connectivity index (χ2n) is 5.04. The molecule has 1 saturated heterocycles. The van der Waals surface area contributed by atoms with Gasteiger partial charge in [0, 0.05) is 11.7 Å². The number of thioether (sulfide) groups is 1. The van der Waals surface area contributed by atoms with Crippen molar-refractivity contribution < 1.29 is 14.7 Å². The smallest absolute Gasteiger partial charge is 0.327 e. The third kappa shape index (κ3) is 3.88. The number of hydrogen-bond acceptors (Lipinski definition) is 3. The van der Waals surface area contributed by atoms with E-state index in [1.54, 1.807) is 16.7 Å². The highest BCUT2D eigenvalue weighted by atomic mass is 32.2. The molecule has 3 atom stereocenters. The molecule has 110 valence electrons. The van der Waals surface area contributed by atoms with E-state index in [1.165, 1.54) is 0 Å². The Morgan fingerprint density at radius 2 is 2.05 bits per heavy atom. The zero-order valence-corrected chi connectivity index (χ0v) is 12.9. The van der Waals surface area contributed by atoms with Crippen LogP contribution in [0.2, 0.25) is 0 Å². The molecular weight excluding hydrogens is 262 g/mol. The van der Waals surface area contributed by atoms with E-state index in [1.807, 2.05) is 13.8 Å². The van der Waals surface area contributed by atoms with Gasteiger partial charge in [0.2, 0.25) is 5.91 Å². The Hall–Kier alpha value is -0.710. The van der Waals surface area contributed by atoms with E-state index in [0.717, 1.165) is 32.1 Å². The lowest BCUT2D eigenvalue weighted by atomic mass is 9.97. The minimum atomic E-state index is -0.873. The van der Waals surface area contributed by atoms with Crippen LogP contribution in [-0.4, -0.2) is 39.1 Å². The summed E-state index contributed by atoms with van der Waals surface area (Å²) < 4.78 is 0. The Kier molecular flexibility index (Phi) is 6.69. The molecule has 1 fully saturated rings. The normalized spacial score (nSPS) is 24.5. The first kappa shape index (κ1) is 16.3.